The molecule has 1 aromatic heterocycles. The molecule has 0 atom stereocenters. The second kappa shape index (κ2) is 7.38. The Kier molecular flexibility index (Phi) is 5.19. The van der Waals surface area contributed by atoms with Gasteiger partial charge in [0.1, 0.15) is 28.9 Å². The number of nitrogens with zero attached hydrogens (tertiary/aromatic N) is 2. The van der Waals surface area contributed by atoms with Crippen molar-refractivity contribution < 1.29 is 14.3 Å². The molecule has 3 rings (SSSR count). The lowest BCUT2D eigenvalue weighted by molar-refractivity contribution is 0.0223. The molecule has 0 N–H and O–H groups in total. The molecule has 0 saturated heterocycles. The third kappa shape index (κ3) is 4.55. The van der Waals surface area contributed by atoms with E-state index in [0.29, 0.717) is 24.6 Å². The SMILES string of the molecule is CC(C)(C)OC(=O)N1CCc2ccc(OCc3ccc(C#N)s3)cc2C1. The highest BCUT2D eigenvalue weighted by atomic mass is 32.1. The first kappa shape index (κ1) is 18.3. The van der Waals surface area contributed by atoms with E-state index in [-0.39, 0.29) is 6.09 Å². The van der Waals surface area contributed by atoms with Crippen molar-refractivity contribution in [3.63, 3.8) is 0 Å². The number of carbonyl (C=O) groups is 1. The molecule has 2 heterocycles. The summed E-state index contributed by atoms with van der Waals surface area (Å²) >= 11 is 1.43. The monoisotopic (exact) mass is 370 g/mol. The maximum atomic E-state index is 12.3. The topological polar surface area (TPSA) is 62.6 Å². The summed E-state index contributed by atoms with van der Waals surface area (Å²) in [7, 11) is 0. The molecule has 0 spiro atoms. The average Bonchev–Trinajstić information content (AvgIpc) is 3.06. The van der Waals surface area contributed by atoms with E-state index >= 15 is 0 Å². The average molecular weight is 370 g/mol. The molecule has 5 nitrogen and oxygen atoms in total. The van der Waals surface area contributed by atoms with Crippen molar-refractivity contribution >= 4 is 17.4 Å². The molecule has 2 aromatic rings. The van der Waals surface area contributed by atoms with Gasteiger partial charge in [-0.3, -0.25) is 0 Å². The van der Waals surface area contributed by atoms with Gasteiger partial charge < -0.3 is 14.4 Å². The fraction of sp³-hybridized carbons (Fsp3) is 0.400. The van der Waals surface area contributed by atoms with Crippen LogP contribution in [0.3, 0.4) is 0 Å². The van der Waals surface area contributed by atoms with Crippen LogP contribution in [0.4, 0.5) is 4.79 Å². The fourth-order valence-electron chi connectivity index (χ4n) is 2.78. The van der Waals surface area contributed by atoms with Crippen molar-refractivity contribution in [3.8, 4) is 11.8 Å². The van der Waals surface area contributed by atoms with E-state index in [4.69, 9.17) is 14.7 Å². The first-order valence-electron chi connectivity index (χ1n) is 8.55. The van der Waals surface area contributed by atoms with Crippen LogP contribution in [0.5, 0.6) is 5.75 Å². The van der Waals surface area contributed by atoms with Crippen LogP contribution >= 0.6 is 11.3 Å². The van der Waals surface area contributed by atoms with E-state index in [1.54, 1.807) is 11.0 Å². The van der Waals surface area contributed by atoms with Crippen molar-refractivity contribution in [2.45, 2.75) is 45.9 Å². The number of rotatable bonds is 3. The van der Waals surface area contributed by atoms with Gasteiger partial charge in [-0.2, -0.15) is 5.26 Å². The first-order valence-corrected chi connectivity index (χ1v) is 9.37. The molecule has 0 unspecified atom stereocenters. The molecule has 1 aliphatic heterocycles. The van der Waals surface area contributed by atoms with Crippen molar-refractivity contribution in [2.75, 3.05) is 6.54 Å². The number of amides is 1. The molecule has 0 bridgehead atoms. The second-order valence-corrected chi connectivity index (χ2v) is 8.42. The van der Waals surface area contributed by atoms with Gasteiger partial charge in [0.05, 0.1) is 0 Å². The minimum atomic E-state index is -0.495. The Morgan fingerprint density at radius 3 is 2.77 bits per heavy atom. The van der Waals surface area contributed by atoms with Crippen LogP contribution in [0.25, 0.3) is 0 Å². The van der Waals surface area contributed by atoms with Crippen LogP contribution in [-0.4, -0.2) is 23.1 Å². The van der Waals surface area contributed by atoms with Crippen molar-refractivity contribution in [1.29, 1.82) is 5.26 Å². The van der Waals surface area contributed by atoms with Gasteiger partial charge in [-0.25, -0.2) is 4.79 Å². The number of hydrogen-bond acceptors (Lipinski definition) is 5. The van der Waals surface area contributed by atoms with E-state index < -0.39 is 5.60 Å². The zero-order chi connectivity index (χ0) is 18.7. The van der Waals surface area contributed by atoms with Gasteiger partial charge in [0.25, 0.3) is 0 Å². The van der Waals surface area contributed by atoms with Gasteiger partial charge >= 0.3 is 6.09 Å². The summed E-state index contributed by atoms with van der Waals surface area (Å²) in [6, 6.07) is 11.9. The number of ether oxygens (including phenoxy) is 2. The Labute approximate surface area is 157 Å². The highest BCUT2D eigenvalue weighted by Crippen LogP contribution is 2.26. The van der Waals surface area contributed by atoms with Crippen LogP contribution in [0, 0.1) is 11.3 Å². The number of benzene rings is 1. The highest BCUT2D eigenvalue weighted by Gasteiger charge is 2.25. The van der Waals surface area contributed by atoms with E-state index in [1.165, 1.54) is 16.9 Å². The van der Waals surface area contributed by atoms with E-state index in [2.05, 4.69) is 12.1 Å². The molecule has 1 aromatic carbocycles. The van der Waals surface area contributed by atoms with Crippen LogP contribution in [0.1, 0.15) is 41.7 Å². The van der Waals surface area contributed by atoms with Crippen molar-refractivity contribution in [2.24, 2.45) is 0 Å². The molecule has 26 heavy (non-hydrogen) atoms. The Morgan fingerprint density at radius 2 is 2.08 bits per heavy atom. The van der Waals surface area contributed by atoms with Crippen molar-refractivity contribution in [3.05, 3.63) is 51.2 Å². The van der Waals surface area contributed by atoms with Gasteiger partial charge in [-0.15, -0.1) is 11.3 Å². The maximum absolute atomic E-state index is 12.3. The first-order chi connectivity index (χ1) is 12.3. The Bertz CT molecular complexity index is 845. The van der Waals surface area contributed by atoms with E-state index in [1.807, 2.05) is 39.0 Å². The zero-order valence-corrected chi connectivity index (χ0v) is 16.1. The number of thiophene rings is 1. The van der Waals surface area contributed by atoms with E-state index in [9.17, 15) is 4.79 Å². The third-order valence-corrected chi connectivity index (χ3v) is 4.96. The summed E-state index contributed by atoms with van der Waals surface area (Å²) in [4.78, 5) is 15.7. The third-order valence-electron chi connectivity index (χ3n) is 3.99. The number of fused-ring (bicyclic) bond motifs is 1. The molecule has 6 heteroatoms. The lowest BCUT2D eigenvalue weighted by atomic mass is 10.00. The molecule has 0 aliphatic carbocycles. The van der Waals surface area contributed by atoms with Crippen LogP contribution in [-0.2, 0) is 24.3 Å². The Morgan fingerprint density at radius 1 is 1.27 bits per heavy atom. The number of nitriles is 1. The summed E-state index contributed by atoms with van der Waals surface area (Å²) < 4.78 is 11.3. The zero-order valence-electron chi connectivity index (χ0n) is 15.2. The molecule has 0 fully saturated rings. The Hall–Kier alpha value is -2.52. The summed E-state index contributed by atoms with van der Waals surface area (Å²) in [6.45, 7) is 7.24. The molecular formula is C20H22N2O3S. The molecule has 1 aliphatic rings. The molecule has 1 amide bonds. The Balaban J connectivity index is 1.65. The summed E-state index contributed by atoms with van der Waals surface area (Å²) in [6.07, 6.45) is 0.530. The smallest absolute Gasteiger partial charge is 0.410 e. The van der Waals surface area contributed by atoms with Crippen LogP contribution in [0.2, 0.25) is 0 Å². The molecular weight excluding hydrogens is 348 g/mol. The van der Waals surface area contributed by atoms with Gasteiger partial charge in [-0.05, 0) is 62.6 Å². The van der Waals surface area contributed by atoms with E-state index in [0.717, 1.165) is 22.6 Å². The minimum Gasteiger partial charge on any atom is -0.488 e. The molecule has 0 radical (unpaired) electrons. The van der Waals surface area contributed by atoms with Gasteiger partial charge in [-0.1, -0.05) is 6.07 Å². The number of hydrogen-bond donors (Lipinski definition) is 0. The number of carbonyl (C=O) groups excluding carboxylic acids is 1. The predicted molar refractivity (Wildman–Crippen MR) is 100 cm³/mol. The molecule has 136 valence electrons. The summed E-state index contributed by atoms with van der Waals surface area (Å²) in [5.41, 5.74) is 1.83. The van der Waals surface area contributed by atoms with Gasteiger partial charge in [0.2, 0.25) is 0 Å². The lowest BCUT2D eigenvalue weighted by Gasteiger charge is -2.31. The van der Waals surface area contributed by atoms with Crippen molar-refractivity contribution in [1.82, 2.24) is 4.90 Å². The summed E-state index contributed by atoms with van der Waals surface area (Å²) in [5, 5.41) is 8.89. The highest BCUT2D eigenvalue weighted by molar-refractivity contribution is 7.12. The maximum Gasteiger partial charge on any atom is 0.410 e. The summed E-state index contributed by atoms with van der Waals surface area (Å²) in [5.74, 6) is 0.765. The van der Waals surface area contributed by atoms with Crippen LogP contribution < -0.4 is 4.74 Å². The quantitative estimate of drug-likeness (QED) is 0.798. The van der Waals surface area contributed by atoms with Gasteiger partial charge in [0.15, 0.2) is 0 Å². The fourth-order valence-corrected chi connectivity index (χ4v) is 3.49. The second-order valence-electron chi connectivity index (χ2n) is 7.25. The van der Waals surface area contributed by atoms with Crippen LogP contribution in [0.15, 0.2) is 30.3 Å². The minimum absolute atomic E-state index is 0.280. The lowest BCUT2D eigenvalue weighted by Crippen LogP contribution is -2.39. The molecule has 0 saturated carbocycles. The standard InChI is InChI=1S/C20H22N2O3S/c1-20(2,3)25-19(23)22-9-8-14-4-5-16(10-15(14)12-22)24-13-18-7-6-17(11-21)26-18/h4-7,10H,8-9,12-13H2,1-3H3. The largest absolute Gasteiger partial charge is 0.488 e. The predicted octanol–water partition coefficient (Wildman–Crippen LogP) is 4.49. The normalized spacial score (nSPS) is 13.7. The van der Waals surface area contributed by atoms with Gasteiger partial charge in [0, 0.05) is 18.0 Å².